The minimum absolute atomic E-state index is 0.0261. The number of rotatable bonds is 4. The number of nitrogens with zero attached hydrogens (tertiary/aromatic N) is 5. The Morgan fingerprint density at radius 2 is 1.86 bits per heavy atom. The van der Waals surface area contributed by atoms with Gasteiger partial charge in [0.15, 0.2) is 5.82 Å². The number of carbonyl (C=O) groups is 2. The van der Waals surface area contributed by atoms with Gasteiger partial charge in [0.2, 0.25) is 5.78 Å². The molecule has 1 aliphatic rings. The number of benzene rings is 1. The monoisotopic (exact) mass is 382 g/mol. The lowest BCUT2D eigenvalue weighted by Crippen LogP contribution is -2.44. The van der Waals surface area contributed by atoms with Crippen LogP contribution in [0.4, 0.5) is 4.79 Å². The van der Waals surface area contributed by atoms with E-state index < -0.39 is 11.6 Å². The average Bonchev–Trinajstić information content (AvgIpc) is 3.14. The van der Waals surface area contributed by atoms with E-state index in [4.69, 9.17) is 0 Å². The molecule has 9 heteroatoms. The minimum Gasteiger partial charge on any atom is -0.323 e. The van der Waals surface area contributed by atoms with E-state index in [1.54, 1.807) is 36.6 Å². The van der Waals surface area contributed by atoms with Gasteiger partial charge in [-0.3, -0.25) is 23.5 Å². The van der Waals surface area contributed by atoms with Gasteiger partial charge in [0, 0.05) is 7.05 Å². The number of carbonyl (C=O) groups excluding carboxylic acids is 2. The van der Waals surface area contributed by atoms with E-state index in [1.165, 1.54) is 9.47 Å². The van der Waals surface area contributed by atoms with Gasteiger partial charge in [0.05, 0.1) is 17.4 Å². The molecule has 1 fully saturated rings. The molecule has 2 aromatic heterocycles. The number of urea groups is 1. The van der Waals surface area contributed by atoms with Crippen LogP contribution in [0.2, 0.25) is 0 Å². The molecule has 28 heavy (non-hydrogen) atoms. The highest BCUT2D eigenvalue weighted by Crippen LogP contribution is 2.26. The summed E-state index contributed by atoms with van der Waals surface area (Å²) in [7, 11) is 1.62. The number of hydrogen-bond donors (Lipinski definition) is 1. The number of hydrogen-bond acceptors (Lipinski definition) is 5. The maximum atomic E-state index is 13.0. The summed E-state index contributed by atoms with van der Waals surface area (Å²) in [5, 5.41) is 11.6. The third kappa shape index (κ3) is 2.57. The first-order valence-corrected chi connectivity index (χ1v) is 9.19. The molecule has 0 aliphatic carbocycles. The molecule has 3 amide bonds. The Kier molecular flexibility index (Phi) is 3.99. The summed E-state index contributed by atoms with van der Waals surface area (Å²) in [4.78, 5) is 39.2. The molecule has 0 saturated carbocycles. The Morgan fingerprint density at radius 1 is 1.14 bits per heavy atom. The summed E-state index contributed by atoms with van der Waals surface area (Å²) in [6, 6.07) is 6.69. The van der Waals surface area contributed by atoms with Crippen molar-refractivity contribution in [2.75, 3.05) is 0 Å². The molecule has 0 radical (unpaired) electrons. The SMILES string of the molecule is CC(C)CC1(C)NC(=O)N(Cc2nnc3n(C)c(=O)c4ccccc4n23)C1=O. The molecule has 1 unspecified atom stereocenters. The average molecular weight is 382 g/mol. The summed E-state index contributed by atoms with van der Waals surface area (Å²) in [6.07, 6.45) is 0.548. The number of amides is 3. The summed E-state index contributed by atoms with van der Waals surface area (Å²) < 4.78 is 3.13. The number of para-hydroxylation sites is 1. The van der Waals surface area contributed by atoms with Crippen molar-refractivity contribution in [3.8, 4) is 0 Å². The second-order valence-electron chi connectivity index (χ2n) is 7.88. The fourth-order valence-electron chi connectivity index (χ4n) is 3.98. The Hall–Kier alpha value is -3.23. The van der Waals surface area contributed by atoms with Crippen LogP contribution in [0.1, 0.15) is 33.0 Å². The van der Waals surface area contributed by atoms with Crippen LogP contribution in [0.5, 0.6) is 0 Å². The van der Waals surface area contributed by atoms with Crippen LogP contribution in [-0.2, 0) is 18.4 Å². The van der Waals surface area contributed by atoms with Crippen LogP contribution in [0.25, 0.3) is 16.7 Å². The van der Waals surface area contributed by atoms with Crippen molar-refractivity contribution < 1.29 is 9.59 Å². The molecule has 1 aliphatic heterocycles. The van der Waals surface area contributed by atoms with Crippen LogP contribution in [-0.4, -0.2) is 41.5 Å². The number of aryl methyl sites for hydroxylation is 1. The first-order valence-electron chi connectivity index (χ1n) is 9.19. The van der Waals surface area contributed by atoms with Gasteiger partial charge in [0.1, 0.15) is 5.54 Å². The fourth-order valence-corrected chi connectivity index (χ4v) is 3.98. The zero-order chi connectivity index (χ0) is 20.2. The van der Waals surface area contributed by atoms with Crippen molar-refractivity contribution in [3.63, 3.8) is 0 Å². The van der Waals surface area contributed by atoms with Crippen molar-refractivity contribution in [2.24, 2.45) is 13.0 Å². The first kappa shape index (κ1) is 18.1. The van der Waals surface area contributed by atoms with Gasteiger partial charge in [-0.05, 0) is 31.4 Å². The van der Waals surface area contributed by atoms with Crippen molar-refractivity contribution in [2.45, 2.75) is 39.3 Å². The molecular formula is C19H22N6O3. The standard InChI is InChI=1S/C19H22N6O3/c1-11(2)9-19(3)16(27)24(18(28)20-19)10-14-21-22-17-23(4)15(26)12-7-5-6-8-13(12)25(14)17/h5-8,11H,9-10H2,1-4H3,(H,20,28). The fraction of sp³-hybridized carbons (Fsp3) is 0.421. The predicted octanol–water partition coefficient (Wildman–Crippen LogP) is 1.44. The van der Waals surface area contributed by atoms with Gasteiger partial charge < -0.3 is 5.32 Å². The molecule has 1 N–H and O–H groups in total. The third-order valence-corrected chi connectivity index (χ3v) is 5.15. The van der Waals surface area contributed by atoms with Crippen molar-refractivity contribution in [3.05, 3.63) is 40.4 Å². The molecule has 1 saturated heterocycles. The van der Waals surface area contributed by atoms with Crippen molar-refractivity contribution >= 4 is 28.6 Å². The van der Waals surface area contributed by atoms with Gasteiger partial charge in [-0.1, -0.05) is 26.0 Å². The minimum atomic E-state index is -0.930. The Morgan fingerprint density at radius 3 is 2.57 bits per heavy atom. The van der Waals surface area contributed by atoms with Gasteiger partial charge in [0.25, 0.3) is 11.5 Å². The van der Waals surface area contributed by atoms with E-state index in [1.807, 2.05) is 19.9 Å². The lowest BCUT2D eigenvalue weighted by molar-refractivity contribution is -0.131. The lowest BCUT2D eigenvalue weighted by atomic mass is 9.91. The maximum absolute atomic E-state index is 13.0. The van der Waals surface area contributed by atoms with Gasteiger partial charge in [-0.15, -0.1) is 10.2 Å². The first-order chi connectivity index (χ1) is 13.2. The molecule has 146 valence electrons. The van der Waals surface area contributed by atoms with Crippen LogP contribution in [0.3, 0.4) is 0 Å². The molecule has 4 rings (SSSR count). The van der Waals surface area contributed by atoms with E-state index in [-0.39, 0.29) is 23.9 Å². The molecule has 0 spiro atoms. The molecule has 1 atom stereocenters. The molecular weight excluding hydrogens is 360 g/mol. The van der Waals surface area contributed by atoms with Crippen LogP contribution >= 0.6 is 0 Å². The van der Waals surface area contributed by atoms with E-state index >= 15 is 0 Å². The number of imide groups is 1. The van der Waals surface area contributed by atoms with Crippen LogP contribution in [0, 0.1) is 5.92 Å². The van der Waals surface area contributed by atoms with E-state index in [0.29, 0.717) is 28.9 Å². The van der Waals surface area contributed by atoms with Crippen LogP contribution in [0.15, 0.2) is 29.1 Å². The smallest absolute Gasteiger partial charge is 0.323 e. The quantitative estimate of drug-likeness (QED) is 0.688. The predicted molar refractivity (Wildman–Crippen MR) is 103 cm³/mol. The topological polar surface area (TPSA) is 102 Å². The van der Waals surface area contributed by atoms with Crippen LogP contribution < -0.4 is 10.9 Å². The molecule has 3 heterocycles. The Bertz CT molecular complexity index is 1180. The molecule has 3 aromatic rings. The maximum Gasteiger partial charge on any atom is 0.325 e. The van der Waals surface area contributed by atoms with Gasteiger partial charge in [-0.25, -0.2) is 4.79 Å². The number of aromatic nitrogens is 4. The highest BCUT2D eigenvalue weighted by atomic mass is 16.2. The summed E-state index contributed by atoms with van der Waals surface area (Å²) in [5.41, 5.74) is -0.472. The van der Waals surface area contributed by atoms with Gasteiger partial charge >= 0.3 is 6.03 Å². The molecule has 1 aromatic carbocycles. The Balaban J connectivity index is 1.81. The summed E-state index contributed by atoms with van der Waals surface area (Å²) >= 11 is 0. The zero-order valence-corrected chi connectivity index (χ0v) is 16.3. The second kappa shape index (κ2) is 6.15. The normalized spacial score (nSPS) is 20.0. The van der Waals surface area contributed by atoms with E-state index in [9.17, 15) is 14.4 Å². The highest BCUT2D eigenvalue weighted by molar-refractivity contribution is 6.06. The highest BCUT2D eigenvalue weighted by Gasteiger charge is 2.48. The van der Waals surface area contributed by atoms with Gasteiger partial charge in [-0.2, -0.15) is 0 Å². The van der Waals surface area contributed by atoms with Crippen molar-refractivity contribution in [1.29, 1.82) is 0 Å². The Labute approximate surface area is 161 Å². The van der Waals surface area contributed by atoms with E-state index in [2.05, 4.69) is 15.5 Å². The summed E-state index contributed by atoms with van der Waals surface area (Å²) in [6.45, 7) is 5.73. The number of fused-ring (bicyclic) bond motifs is 3. The largest absolute Gasteiger partial charge is 0.325 e. The number of nitrogens with one attached hydrogen (secondary N) is 1. The molecule has 9 nitrogen and oxygen atoms in total. The zero-order valence-electron chi connectivity index (χ0n) is 16.3. The third-order valence-electron chi connectivity index (χ3n) is 5.15. The second-order valence-corrected chi connectivity index (χ2v) is 7.88. The summed E-state index contributed by atoms with van der Waals surface area (Å²) in [5.74, 6) is 0.744. The lowest BCUT2D eigenvalue weighted by Gasteiger charge is -2.23. The van der Waals surface area contributed by atoms with E-state index in [0.717, 1.165) is 0 Å². The molecule has 0 bridgehead atoms. The van der Waals surface area contributed by atoms with Crippen molar-refractivity contribution in [1.82, 2.24) is 29.4 Å².